The highest BCUT2D eigenvalue weighted by molar-refractivity contribution is 7.18. The Labute approximate surface area is 141 Å². The van der Waals surface area contributed by atoms with E-state index in [0.29, 0.717) is 5.01 Å². The summed E-state index contributed by atoms with van der Waals surface area (Å²) in [4.78, 5) is 27.8. The maximum atomic E-state index is 13.0. The second kappa shape index (κ2) is 7.18. The number of carbonyl (C=O) groups excluding carboxylic acids is 2. The Morgan fingerprint density at radius 2 is 2.00 bits per heavy atom. The summed E-state index contributed by atoms with van der Waals surface area (Å²) in [5.74, 6) is -1.63. The molecule has 0 atom stereocenters. The summed E-state index contributed by atoms with van der Waals surface area (Å²) >= 11 is 1.44. The Balaban J connectivity index is 1.49. The van der Waals surface area contributed by atoms with Gasteiger partial charge in [-0.05, 0) is 30.3 Å². The van der Waals surface area contributed by atoms with Crippen molar-refractivity contribution < 1.29 is 18.7 Å². The molecule has 122 valence electrons. The number of amides is 1. The molecule has 0 spiro atoms. The minimum absolute atomic E-state index is 0.0496. The van der Waals surface area contributed by atoms with Crippen molar-refractivity contribution in [2.24, 2.45) is 0 Å². The maximum absolute atomic E-state index is 13.0. The van der Waals surface area contributed by atoms with Crippen LogP contribution < -0.4 is 5.32 Å². The number of ether oxygens (including phenoxy) is 1. The van der Waals surface area contributed by atoms with Gasteiger partial charge in [-0.3, -0.25) is 9.59 Å². The van der Waals surface area contributed by atoms with Gasteiger partial charge in [-0.1, -0.05) is 18.2 Å². The van der Waals surface area contributed by atoms with Gasteiger partial charge in [0.2, 0.25) is 0 Å². The number of nitrogens with one attached hydrogen (secondary N) is 1. The second-order valence-corrected chi connectivity index (χ2v) is 6.04. The quantitative estimate of drug-likeness (QED) is 0.723. The summed E-state index contributed by atoms with van der Waals surface area (Å²) in [5.41, 5.74) is 1.00. The molecule has 0 unspecified atom stereocenters. The smallest absolute Gasteiger partial charge is 0.325 e. The first kappa shape index (κ1) is 16.1. The molecular formula is C17H13FN2O3S. The van der Waals surface area contributed by atoms with Gasteiger partial charge >= 0.3 is 5.97 Å². The van der Waals surface area contributed by atoms with E-state index in [1.54, 1.807) is 0 Å². The van der Waals surface area contributed by atoms with Gasteiger partial charge in [-0.15, -0.1) is 11.3 Å². The largest absolute Gasteiger partial charge is 0.457 e. The molecule has 0 radical (unpaired) electrons. The van der Waals surface area contributed by atoms with E-state index in [9.17, 15) is 14.0 Å². The number of benzene rings is 2. The molecule has 1 amide bonds. The fourth-order valence-corrected chi connectivity index (χ4v) is 2.94. The van der Waals surface area contributed by atoms with Gasteiger partial charge in [0.05, 0.1) is 10.2 Å². The predicted octanol–water partition coefficient (Wildman–Crippen LogP) is 2.91. The molecule has 24 heavy (non-hydrogen) atoms. The molecule has 3 aromatic rings. The van der Waals surface area contributed by atoms with Crippen molar-refractivity contribution in [3.05, 3.63) is 64.9 Å². The predicted molar refractivity (Wildman–Crippen MR) is 88.1 cm³/mol. The molecule has 0 saturated heterocycles. The fourth-order valence-electron chi connectivity index (χ4n) is 2.06. The van der Waals surface area contributed by atoms with Gasteiger partial charge in [0, 0.05) is 5.56 Å². The first-order valence-corrected chi connectivity index (χ1v) is 7.97. The monoisotopic (exact) mass is 344 g/mol. The van der Waals surface area contributed by atoms with Crippen LogP contribution in [0.3, 0.4) is 0 Å². The van der Waals surface area contributed by atoms with Gasteiger partial charge in [0.1, 0.15) is 24.0 Å². The molecule has 0 aliphatic carbocycles. The highest BCUT2D eigenvalue weighted by atomic mass is 32.1. The molecular weight excluding hydrogens is 331 g/mol. The molecule has 2 aromatic carbocycles. The van der Waals surface area contributed by atoms with E-state index < -0.39 is 17.7 Å². The minimum atomic E-state index is -0.584. The van der Waals surface area contributed by atoms with Crippen LogP contribution in [0, 0.1) is 5.82 Å². The van der Waals surface area contributed by atoms with Crippen molar-refractivity contribution in [3.63, 3.8) is 0 Å². The zero-order valence-electron chi connectivity index (χ0n) is 12.5. The number of rotatable bonds is 5. The average Bonchev–Trinajstić information content (AvgIpc) is 3.00. The summed E-state index contributed by atoms with van der Waals surface area (Å²) in [6.07, 6.45) is 0. The summed E-state index contributed by atoms with van der Waals surface area (Å²) in [6, 6.07) is 12.9. The zero-order chi connectivity index (χ0) is 16.9. The SMILES string of the molecule is O=C(CNC(=O)c1cccc(F)c1)OCc1nc2ccccc2s1. The second-order valence-electron chi connectivity index (χ2n) is 4.93. The van der Waals surface area contributed by atoms with Crippen LogP contribution >= 0.6 is 11.3 Å². The number of nitrogens with zero attached hydrogens (tertiary/aromatic N) is 1. The summed E-state index contributed by atoms with van der Waals surface area (Å²) in [5, 5.41) is 3.07. The van der Waals surface area contributed by atoms with Gasteiger partial charge in [-0.2, -0.15) is 0 Å². The molecule has 0 aliphatic heterocycles. The normalized spacial score (nSPS) is 10.5. The van der Waals surface area contributed by atoms with Crippen molar-refractivity contribution in [3.8, 4) is 0 Å². The van der Waals surface area contributed by atoms with E-state index in [1.807, 2.05) is 24.3 Å². The summed E-state index contributed by atoms with van der Waals surface area (Å²) in [7, 11) is 0. The molecule has 0 bridgehead atoms. The van der Waals surface area contributed by atoms with Gasteiger partial charge in [0.15, 0.2) is 0 Å². The number of fused-ring (bicyclic) bond motifs is 1. The van der Waals surface area contributed by atoms with E-state index in [2.05, 4.69) is 10.3 Å². The standard InChI is InChI=1S/C17H13FN2O3S/c18-12-5-3-4-11(8-12)17(22)19-9-16(21)23-10-15-20-13-6-1-2-7-14(13)24-15/h1-8H,9-10H2,(H,19,22). The number of aromatic nitrogens is 1. The highest BCUT2D eigenvalue weighted by Crippen LogP contribution is 2.21. The topological polar surface area (TPSA) is 68.3 Å². The van der Waals surface area contributed by atoms with Crippen molar-refractivity contribution >= 4 is 33.4 Å². The maximum Gasteiger partial charge on any atom is 0.325 e. The average molecular weight is 344 g/mol. The lowest BCUT2D eigenvalue weighted by Gasteiger charge is -2.05. The minimum Gasteiger partial charge on any atom is -0.457 e. The molecule has 5 nitrogen and oxygen atoms in total. The Kier molecular flexibility index (Phi) is 4.81. The van der Waals surface area contributed by atoms with E-state index in [-0.39, 0.29) is 18.7 Å². The number of hydrogen-bond acceptors (Lipinski definition) is 5. The third kappa shape index (κ3) is 3.94. The van der Waals surface area contributed by atoms with Crippen LogP contribution in [0.4, 0.5) is 4.39 Å². The number of halogens is 1. The lowest BCUT2D eigenvalue weighted by molar-refractivity contribution is -0.143. The summed E-state index contributed by atoms with van der Waals surface area (Å²) in [6.45, 7) is -0.242. The molecule has 1 aromatic heterocycles. The zero-order valence-corrected chi connectivity index (χ0v) is 13.3. The molecule has 0 aliphatic rings. The number of esters is 1. The first-order chi connectivity index (χ1) is 11.6. The van der Waals surface area contributed by atoms with Crippen LogP contribution in [-0.2, 0) is 16.1 Å². The number of carbonyl (C=O) groups is 2. The third-order valence-corrected chi connectivity index (χ3v) is 4.18. The van der Waals surface area contributed by atoms with Crippen molar-refractivity contribution in [2.75, 3.05) is 6.54 Å². The van der Waals surface area contributed by atoms with Crippen LogP contribution in [0.1, 0.15) is 15.4 Å². The third-order valence-electron chi connectivity index (χ3n) is 3.17. The van der Waals surface area contributed by atoms with Crippen LogP contribution in [-0.4, -0.2) is 23.4 Å². The number of thiazole rings is 1. The molecule has 0 saturated carbocycles. The molecule has 7 heteroatoms. The van der Waals surface area contributed by atoms with E-state index in [4.69, 9.17) is 4.74 Å². The molecule has 0 fully saturated rings. The Morgan fingerprint density at radius 1 is 1.17 bits per heavy atom. The van der Waals surface area contributed by atoms with Crippen LogP contribution in [0.15, 0.2) is 48.5 Å². The molecule has 1 heterocycles. The Hall–Kier alpha value is -2.80. The van der Waals surface area contributed by atoms with Gasteiger partial charge in [-0.25, -0.2) is 9.37 Å². The fraction of sp³-hybridized carbons (Fsp3) is 0.118. The van der Waals surface area contributed by atoms with Crippen molar-refractivity contribution in [1.29, 1.82) is 0 Å². The summed E-state index contributed by atoms with van der Waals surface area (Å²) < 4.78 is 19.1. The van der Waals surface area contributed by atoms with Gasteiger partial charge in [0.25, 0.3) is 5.91 Å². The highest BCUT2D eigenvalue weighted by Gasteiger charge is 2.11. The Bertz CT molecular complexity index is 861. The van der Waals surface area contributed by atoms with Crippen molar-refractivity contribution in [1.82, 2.24) is 10.3 Å². The van der Waals surface area contributed by atoms with E-state index >= 15 is 0 Å². The lowest BCUT2D eigenvalue weighted by Crippen LogP contribution is -2.30. The molecule has 3 rings (SSSR count). The lowest BCUT2D eigenvalue weighted by atomic mass is 10.2. The van der Waals surface area contributed by atoms with Crippen LogP contribution in [0.25, 0.3) is 10.2 Å². The van der Waals surface area contributed by atoms with Crippen molar-refractivity contribution in [2.45, 2.75) is 6.61 Å². The molecule has 1 N–H and O–H groups in total. The first-order valence-electron chi connectivity index (χ1n) is 7.15. The van der Waals surface area contributed by atoms with E-state index in [0.717, 1.165) is 16.3 Å². The van der Waals surface area contributed by atoms with Crippen LogP contribution in [0.5, 0.6) is 0 Å². The van der Waals surface area contributed by atoms with Crippen LogP contribution in [0.2, 0.25) is 0 Å². The number of para-hydroxylation sites is 1. The Morgan fingerprint density at radius 3 is 2.79 bits per heavy atom. The number of hydrogen-bond donors (Lipinski definition) is 1. The van der Waals surface area contributed by atoms with E-state index in [1.165, 1.54) is 29.5 Å². The van der Waals surface area contributed by atoms with Gasteiger partial charge < -0.3 is 10.1 Å².